The maximum absolute atomic E-state index is 12.3. The summed E-state index contributed by atoms with van der Waals surface area (Å²) in [6, 6.07) is 11.5. The van der Waals surface area contributed by atoms with Gasteiger partial charge in [-0.2, -0.15) is 0 Å². The molecule has 5 nitrogen and oxygen atoms in total. The molecule has 1 saturated heterocycles. The highest BCUT2D eigenvalue weighted by Gasteiger charge is 2.37. The van der Waals surface area contributed by atoms with Gasteiger partial charge >= 0.3 is 0 Å². The zero-order valence-corrected chi connectivity index (χ0v) is 16.7. The highest BCUT2D eigenvalue weighted by Crippen LogP contribution is 2.26. The van der Waals surface area contributed by atoms with Crippen molar-refractivity contribution in [2.45, 2.75) is 24.4 Å². The number of nitrogens with one attached hydrogen (secondary N) is 2. The summed E-state index contributed by atoms with van der Waals surface area (Å²) in [4.78, 5) is 13.4. The normalized spacial score (nSPS) is 22.8. The molecule has 140 valence electrons. The van der Waals surface area contributed by atoms with Crippen molar-refractivity contribution < 1.29 is 13.2 Å². The molecule has 0 radical (unpaired) electrons. The van der Waals surface area contributed by atoms with Gasteiger partial charge in [-0.05, 0) is 23.9 Å². The van der Waals surface area contributed by atoms with Gasteiger partial charge in [0.1, 0.15) is 0 Å². The molecular weight excluding hydrogens is 392 g/mol. The van der Waals surface area contributed by atoms with Crippen molar-refractivity contribution in [2.75, 3.05) is 18.1 Å². The first kappa shape index (κ1) is 19.4. The van der Waals surface area contributed by atoms with Gasteiger partial charge in [-0.15, -0.1) is 22.9 Å². The van der Waals surface area contributed by atoms with Crippen LogP contribution in [0.2, 0.25) is 0 Å². The van der Waals surface area contributed by atoms with Gasteiger partial charge in [0.2, 0.25) is 5.91 Å². The van der Waals surface area contributed by atoms with E-state index >= 15 is 0 Å². The second-order valence-corrected chi connectivity index (χ2v) is 10.2. The summed E-state index contributed by atoms with van der Waals surface area (Å²) in [5.41, 5.74) is 2.25. The van der Waals surface area contributed by atoms with Gasteiger partial charge in [-0.1, -0.05) is 35.9 Å². The summed E-state index contributed by atoms with van der Waals surface area (Å²) in [6.45, 7) is 2.11. The van der Waals surface area contributed by atoms with E-state index in [1.54, 1.807) is 11.3 Å². The third kappa shape index (κ3) is 4.85. The summed E-state index contributed by atoms with van der Waals surface area (Å²) >= 11 is 7.67. The largest absolute Gasteiger partial charge is 0.350 e. The summed E-state index contributed by atoms with van der Waals surface area (Å²) in [7, 11) is -3.17. The molecule has 1 aliphatic rings. The quantitative estimate of drug-likeness (QED) is 0.713. The Bertz CT molecular complexity index is 851. The third-order valence-electron chi connectivity index (χ3n) is 4.33. The minimum atomic E-state index is -3.17. The second kappa shape index (κ2) is 8.08. The van der Waals surface area contributed by atoms with Crippen LogP contribution in [0.3, 0.4) is 0 Å². The number of carbonyl (C=O) groups is 1. The summed E-state index contributed by atoms with van der Waals surface area (Å²) < 4.78 is 23.2. The highest BCUT2D eigenvalue weighted by molar-refractivity contribution is 7.91. The fourth-order valence-corrected chi connectivity index (χ4v) is 6.36. The molecule has 2 heterocycles. The summed E-state index contributed by atoms with van der Waals surface area (Å²) in [5.74, 6) is -0.445. The first-order valence-corrected chi connectivity index (χ1v) is 11.4. The molecule has 1 aromatic heterocycles. The van der Waals surface area contributed by atoms with Crippen molar-refractivity contribution >= 4 is 38.7 Å². The standard InChI is InChI=1S/C18H21ClN2O3S2/c1-12-4-6-13(7-5-12)18(16-3-2-8-25-16)20-9-17(22)21-15-11-26(23,24)10-14(15)19/h2-8,14-15,18,20H,9-11H2,1H3,(H,21,22)/t14-,15+,18-/m0/s1. The van der Waals surface area contributed by atoms with Crippen LogP contribution in [0.1, 0.15) is 22.0 Å². The number of sulfone groups is 1. The molecule has 0 saturated carbocycles. The Kier molecular flexibility index (Phi) is 6.02. The van der Waals surface area contributed by atoms with E-state index in [0.717, 1.165) is 10.4 Å². The average molecular weight is 413 g/mol. The number of alkyl halides is 1. The maximum Gasteiger partial charge on any atom is 0.234 e. The van der Waals surface area contributed by atoms with E-state index in [2.05, 4.69) is 10.6 Å². The molecule has 3 rings (SSSR count). The van der Waals surface area contributed by atoms with E-state index in [0.29, 0.717) is 0 Å². The minimum Gasteiger partial charge on any atom is -0.350 e. The molecule has 2 aromatic rings. The molecule has 3 atom stereocenters. The van der Waals surface area contributed by atoms with Crippen LogP contribution in [-0.2, 0) is 14.6 Å². The molecule has 26 heavy (non-hydrogen) atoms. The fraction of sp³-hybridized carbons (Fsp3) is 0.389. The van der Waals surface area contributed by atoms with Crippen molar-refractivity contribution in [1.29, 1.82) is 0 Å². The van der Waals surface area contributed by atoms with Crippen LogP contribution in [0.4, 0.5) is 0 Å². The predicted molar refractivity (Wildman–Crippen MR) is 106 cm³/mol. The van der Waals surface area contributed by atoms with Gasteiger partial charge in [0.05, 0.1) is 35.5 Å². The Labute approximate surface area is 162 Å². The van der Waals surface area contributed by atoms with E-state index < -0.39 is 21.3 Å². The van der Waals surface area contributed by atoms with Gasteiger partial charge in [0.25, 0.3) is 0 Å². The van der Waals surface area contributed by atoms with E-state index in [1.165, 1.54) is 5.56 Å². The molecule has 1 aromatic carbocycles. The zero-order valence-electron chi connectivity index (χ0n) is 14.3. The number of amides is 1. The molecule has 0 aliphatic carbocycles. The number of carbonyl (C=O) groups excluding carboxylic acids is 1. The number of benzene rings is 1. The number of aryl methyl sites for hydroxylation is 1. The second-order valence-electron chi connectivity index (χ2n) is 6.51. The topological polar surface area (TPSA) is 75.3 Å². The number of thiophene rings is 1. The Balaban J connectivity index is 1.65. The van der Waals surface area contributed by atoms with Gasteiger partial charge in [-0.25, -0.2) is 8.42 Å². The van der Waals surface area contributed by atoms with Crippen LogP contribution in [0.5, 0.6) is 0 Å². The van der Waals surface area contributed by atoms with Crippen LogP contribution < -0.4 is 10.6 Å². The van der Waals surface area contributed by atoms with Crippen LogP contribution in [0.25, 0.3) is 0 Å². The number of rotatable bonds is 6. The van der Waals surface area contributed by atoms with Crippen molar-refractivity contribution in [3.8, 4) is 0 Å². The van der Waals surface area contributed by atoms with E-state index in [1.807, 2.05) is 48.7 Å². The summed E-state index contributed by atoms with van der Waals surface area (Å²) in [5, 5.41) is 7.43. The fourth-order valence-electron chi connectivity index (χ4n) is 2.99. The van der Waals surface area contributed by atoms with E-state index in [4.69, 9.17) is 11.6 Å². The average Bonchev–Trinajstić information content (AvgIpc) is 3.17. The monoisotopic (exact) mass is 412 g/mol. The van der Waals surface area contributed by atoms with Gasteiger partial charge in [0, 0.05) is 4.88 Å². The lowest BCUT2D eigenvalue weighted by Gasteiger charge is -2.20. The maximum atomic E-state index is 12.3. The third-order valence-corrected chi connectivity index (χ3v) is 7.65. The summed E-state index contributed by atoms with van der Waals surface area (Å²) in [6.07, 6.45) is 0. The molecule has 1 amide bonds. The van der Waals surface area contributed by atoms with Gasteiger partial charge < -0.3 is 5.32 Å². The van der Waals surface area contributed by atoms with Gasteiger partial charge in [0.15, 0.2) is 9.84 Å². The Morgan fingerprint density at radius 1 is 1.27 bits per heavy atom. The molecule has 0 unspecified atom stereocenters. The Hall–Kier alpha value is -1.41. The first-order chi connectivity index (χ1) is 12.3. The van der Waals surface area contributed by atoms with E-state index in [9.17, 15) is 13.2 Å². The molecular formula is C18H21ClN2O3S2. The predicted octanol–water partition coefficient (Wildman–Crippen LogP) is 2.26. The first-order valence-electron chi connectivity index (χ1n) is 8.31. The van der Waals surface area contributed by atoms with Crippen molar-refractivity contribution in [1.82, 2.24) is 10.6 Å². The SMILES string of the molecule is Cc1ccc([C@H](NCC(=O)N[C@@H]2CS(=O)(=O)C[C@@H]2Cl)c2cccs2)cc1. The zero-order chi connectivity index (χ0) is 18.7. The number of hydrogen-bond donors (Lipinski definition) is 2. The van der Waals surface area contributed by atoms with Crippen molar-refractivity contribution in [3.05, 3.63) is 57.8 Å². The van der Waals surface area contributed by atoms with Crippen LogP contribution in [-0.4, -0.2) is 43.8 Å². The Morgan fingerprint density at radius 3 is 2.58 bits per heavy atom. The highest BCUT2D eigenvalue weighted by atomic mass is 35.5. The lowest BCUT2D eigenvalue weighted by Crippen LogP contribution is -2.45. The molecule has 0 bridgehead atoms. The Morgan fingerprint density at radius 2 is 2.00 bits per heavy atom. The van der Waals surface area contributed by atoms with E-state index in [-0.39, 0.29) is 30.0 Å². The lowest BCUT2D eigenvalue weighted by molar-refractivity contribution is -0.120. The van der Waals surface area contributed by atoms with Crippen molar-refractivity contribution in [3.63, 3.8) is 0 Å². The smallest absolute Gasteiger partial charge is 0.234 e. The minimum absolute atomic E-state index is 0.0800. The van der Waals surface area contributed by atoms with Gasteiger partial charge in [-0.3, -0.25) is 10.1 Å². The molecule has 0 spiro atoms. The van der Waals surface area contributed by atoms with Crippen LogP contribution in [0, 0.1) is 6.92 Å². The molecule has 1 fully saturated rings. The molecule has 8 heteroatoms. The molecule has 1 aliphatic heterocycles. The number of hydrogen-bond acceptors (Lipinski definition) is 5. The lowest BCUT2D eigenvalue weighted by atomic mass is 10.0. The van der Waals surface area contributed by atoms with Crippen molar-refractivity contribution in [2.24, 2.45) is 0 Å². The van der Waals surface area contributed by atoms with Crippen LogP contribution >= 0.6 is 22.9 Å². The van der Waals surface area contributed by atoms with Crippen LogP contribution in [0.15, 0.2) is 41.8 Å². The molecule has 2 N–H and O–H groups in total. The number of halogens is 1.